The first kappa shape index (κ1) is 61.9. The van der Waals surface area contributed by atoms with Gasteiger partial charge in [-0.2, -0.15) is 0 Å². The number of nitrogens with two attached hydrogens (primary N) is 2. The summed E-state index contributed by atoms with van der Waals surface area (Å²) in [6.45, 7) is 6.21. The summed E-state index contributed by atoms with van der Waals surface area (Å²) in [4.78, 5) is 120. The summed E-state index contributed by atoms with van der Waals surface area (Å²) in [5.74, 6) is -3.11. The number of phenolic OH excluding ortho intramolecular Hbond substituents is 1. The van der Waals surface area contributed by atoms with Crippen LogP contribution in [0.25, 0.3) is 43.4 Å². The van der Waals surface area contributed by atoms with Crippen molar-refractivity contribution >= 4 is 115 Å². The highest BCUT2D eigenvalue weighted by molar-refractivity contribution is 7.99. The Balaban J connectivity index is 1.01. The van der Waals surface area contributed by atoms with E-state index in [9.17, 15) is 39.3 Å². The third-order valence-corrected chi connectivity index (χ3v) is 21.5. The maximum atomic E-state index is 15.0. The van der Waals surface area contributed by atoms with Crippen LogP contribution in [0, 0.1) is 12.8 Å². The number of fused-ring (bicyclic) bond motifs is 14. The van der Waals surface area contributed by atoms with E-state index in [0.717, 1.165) is 52.2 Å². The van der Waals surface area contributed by atoms with Gasteiger partial charge in [-0.15, -0.1) is 79.8 Å². The van der Waals surface area contributed by atoms with Crippen molar-refractivity contribution in [3.05, 3.63) is 147 Å². The predicted molar refractivity (Wildman–Crippen MR) is 339 cm³/mol. The quantitative estimate of drug-likeness (QED) is 0.0613. The minimum Gasteiger partial charge on any atom is -0.508 e. The molecular weight excluding hydrogens is 1260 g/mol. The van der Waals surface area contributed by atoms with Gasteiger partial charge in [-0.1, -0.05) is 49.4 Å². The number of β-amino-alcohol motifs (C(OH)–C–C–N with tert-alkyl or cyclic N) is 1. The Morgan fingerprint density at radius 1 is 0.716 bits per heavy atom. The normalized spacial score (nSPS) is 19.8. The molecule has 0 spiro atoms. The number of aliphatic hydroxyl groups is 2. The highest BCUT2D eigenvalue weighted by atomic mass is 32.2. The van der Waals surface area contributed by atoms with Crippen LogP contribution in [0.1, 0.15) is 105 Å². The van der Waals surface area contributed by atoms with Crippen LogP contribution in [-0.2, 0) is 28.0 Å². The molecule has 0 radical (unpaired) electrons. The molecule has 1 fully saturated rings. The molecule has 7 aromatic heterocycles. The number of amides is 6. The molecule has 23 nitrogen and oxygen atoms in total. The lowest BCUT2D eigenvalue weighted by Gasteiger charge is -2.34. The van der Waals surface area contributed by atoms with Gasteiger partial charge >= 0.3 is 0 Å². The van der Waals surface area contributed by atoms with Gasteiger partial charge in [0.15, 0.2) is 0 Å². The molecule has 0 unspecified atom stereocenters. The summed E-state index contributed by atoms with van der Waals surface area (Å²) in [5, 5.41) is 56.6. The smallest absolute Gasteiger partial charge is 0.271 e. The summed E-state index contributed by atoms with van der Waals surface area (Å²) in [6.07, 6.45) is -2.61. The largest absolute Gasteiger partial charge is 0.508 e. The number of rotatable bonds is 12. The second kappa shape index (κ2) is 26.5. The molecule has 88 heavy (non-hydrogen) atoms. The Morgan fingerprint density at radius 3 is 2.12 bits per heavy atom. The van der Waals surface area contributed by atoms with Crippen molar-refractivity contribution in [1.29, 1.82) is 0 Å². The van der Waals surface area contributed by atoms with Crippen molar-refractivity contribution in [1.82, 2.24) is 61.1 Å². The van der Waals surface area contributed by atoms with Crippen molar-refractivity contribution in [3.63, 3.8) is 0 Å². The van der Waals surface area contributed by atoms with E-state index in [0.29, 0.717) is 70.9 Å². The minimum absolute atomic E-state index is 0.00124. The Morgan fingerprint density at radius 2 is 1.40 bits per heavy atom. The third kappa shape index (κ3) is 13.7. The highest BCUT2D eigenvalue weighted by Crippen LogP contribution is 2.40. The number of hydrogen-bond acceptors (Lipinski definition) is 24. The zero-order valence-electron chi connectivity index (χ0n) is 47.0. The standard InChI is InChI=1S/C58H56N14O9S7/c1-27(42(74)20-72-15-16-82-26-72)34-19-44-61-41(25-83-44)55-66-37(21-85-55)46-32(13-14-33(62-46)54-67-38(22-86-54)48(60)77)53-68-39(23-84-53)50(79)65-36(18-43(59)75)56-70-45(28(2)88-56)52(81)71-58(3,47(76)30-7-5-4-6-8-30)57-69-40(24-87-57)51(80)64-35(49(78)63-34)17-29-9-11-31(73)12-10-29/h4-14,21-25,27,34-36,42,47,73-74,76H,15-20,26H2,1-3H3,(H2,59,75)(H2,60,77)(H,63,78)(H,64,80)(H,65,79)(H,71,81)/t27-,34+,35+,36+,42+,47-,58+/m1/s1. The van der Waals surface area contributed by atoms with E-state index in [-0.39, 0.29) is 51.4 Å². The molecule has 9 heterocycles. The molecule has 30 heteroatoms. The number of aliphatic hydroxyl groups excluding tert-OH is 2. The summed E-state index contributed by atoms with van der Waals surface area (Å²) in [5.41, 5.74) is 12.6. The van der Waals surface area contributed by atoms with Crippen LogP contribution in [0.15, 0.2) is 93.6 Å². The lowest BCUT2D eigenvalue weighted by molar-refractivity contribution is -0.124. The van der Waals surface area contributed by atoms with E-state index in [2.05, 4.69) is 36.1 Å². The average molecular weight is 1320 g/mol. The number of aromatic nitrogens is 7. The fourth-order valence-electron chi connectivity index (χ4n) is 9.93. The summed E-state index contributed by atoms with van der Waals surface area (Å²) < 4.78 is 0. The maximum Gasteiger partial charge on any atom is 0.271 e. The summed E-state index contributed by atoms with van der Waals surface area (Å²) in [7, 11) is 0. The van der Waals surface area contributed by atoms with Crippen molar-refractivity contribution in [2.75, 3.05) is 24.7 Å². The Bertz CT molecular complexity index is 4070. The number of thioether (sulfide) groups is 1. The number of hydrogen-bond donors (Lipinski definition) is 9. The van der Waals surface area contributed by atoms with Crippen molar-refractivity contribution < 1.29 is 44.1 Å². The molecule has 0 aliphatic carbocycles. The maximum absolute atomic E-state index is 15.0. The Kier molecular flexibility index (Phi) is 18.6. The molecule has 1 saturated heterocycles. The molecule has 2 aromatic carbocycles. The van der Waals surface area contributed by atoms with Crippen molar-refractivity contribution in [2.24, 2.45) is 17.4 Å². The van der Waals surface area contributed by atoms with Gasteiger partial charge in [-0.05, 0) is 49.2 Å². The molecule has 9 aromatic rings. The van der Waals surface area contributed by atoms with Gasteiger partial charge in [0.05, 0.1) is 29.3 Å². The van der Waals surface area contributed by atoms with Crippen LogP contribution >= 0.6 is 79.8 Å². The lowest BCUT2D eigenvalue weighted by atomic mass is 9.89. The highest BCUT2D eigenvalue weighted by Gasteiger charge is 2.42. The van der Waals surface area contributed by atoms with Gasteiger partial charge < -0.3 is 48.1 Å². The van der Waals surface area contributed by atoms with Crippen LogP contribution in [0.4, 0.5) is 0 Å². The van der Waals surface area contributed by atoms with Gasteiger partial charge in [0.25, 0.3) is 23.6 Å². The summed E-state index contributed by atoms with van der Waals surface area (Å²) >= 11 is 8.78. The van der Waals surface area contributed by atoms with Gasteiger partial charge in [0.1, 0.15) is 88.3 Å². The number of primary amides is 2. The molecule has 7 atom stereocenters. The Labute approximate surface area is 531 Å². The number of nitrogens with zero attached hydrogens (tertiary/aromatic N) is 8. The first-order chi connectivity index (χ1) is 42.3. The number of nitrogens with one attached hydrogen (secondary N) is 4. The minimum atomic E-state index is -1.75. The van der Waals surface area contributed by atoms with Crippen LogP contribution in [0.5, 0.6) is 5.75 Å². The second-order valence-electron chi connectivity index (χ2n) is 21.1. The summed E-state index contributed by atoms with van der Waals surface area (Å²) in [6, 6.07) is 15.2. The molecule has 2 aliphatic heterocycles. The van der Waals surface area contributed by atoms with E-state index in [1.54, 1.807) is 91.0 Å². The van der Waals surface area contributed by atoms with Crippen LogP contribution in [-0.4, -0.2) is 133 Å². The van der Waals surface area contributed by atoms with Crippen LogP contribution < -0.4 is 32.7 Å². The number of benzene rings is 2. The number of aryl methyl sites for hydroxylation is 1. The molecular formula is C58H56N14O9S7. The van der Waals surface area contributed by atoms with Crippen LogP contribution in [0.2, 0.25) is 0 Å². The monoisotopic (exact) mass is 1320 g/mol. The van der Waals surface area contributed by atoms with E-state index in [1.807, 2.05) is 12.3 Å². The third-order valence-electron chi connectivity index (χ3n) is 14.8. The number of aromatic hydroxyl groups is 1. The molecule has 11 rings (SSSR count). The molecule has 6 amide bonds. The lowest BCUT2D eigenvalue weighted by Crippen LogP contribution is -2.54. The van der Waals surface area contributed by atoms with Gasteiger partial charge in [-0.3, -0.25) is 33.7 Å². The number of carbonyl (C=O) groups is 6. The van der Waals surface area contributed by atoms with Crippen molar-refractivity contribution in [2.45, 2.75) is 75.9 Å². The van der Waals surface area contributed by atoms with Crippen LogP contribution in [0.3, 0.4) is 0 Å². The number of phenols is 1. The van der Waals surface area contributed by atoms with E-state index < -0.39 is 83.7 Å². The number of pyridine rings is 1. The number of thiazole rings is 6. The Hall–Kier alpha value is -7.78. The van der Waals surface area contributed by atoms with E-state index in [1.165, 1.54) is 56.9 Å². The molecule has 454 valence electrons. The van der Waals surface area contributed by atoms with Gasteiger partial charge in [-0.25, -0.2) is 34.9 Å². The molecule has 2 aliphatic rings. The topological polar surface area (TPSA) is 357 Å². The molecule has 11 N–H and O–H groups in total. The number of carbonyl (C=O) groups excluding carboxylic acids is 6. The first-order valence-electron chi connectivity index (χ1n) is 27.4. The molecule has 10 bridgehead atoms. The van der Waals surface area contributed by atoms with E-state index in [4.69, 9.17) is 36.4 Å². The predicted octanol–water partition coefficient (Wildman–Crippen LogP) is 6.71. The zero-order chi connectivity index (χ0) is 62.0. The molecule has 0 saturated carbocycles. The fraction of sp³-hybridized carbons (Fsp3) is 0.293. The first-order valence-corrected chi connectivity index (χ1v) is 33.7. The SMILES string of the molecule is Cc1sc2nc1C(=O)N[C@@](C)([C@H](O)c1ccccc1)c1nc(cs1)C(=O)N[C@@H](Cc1ccc(O)cc1)C(=O)N[C@H]([C@@H](C)[C@@H](O)CN1CCSC1)Cc1nc(cs1)-c1nc(cs1)-c1nc(-c3nc(C(N)=O)cs3)ccc1-c1nc(cs1)C(=O)N[C@H]2CC(N)=O. The second-order valence-corrected chi connectivity index (χ2v) is 27.8. The average Bonchev–Trinajstić information content (AvgIpc) is 1.85. The van der Waals surface area contributed by atoms with E-state index >= 15 is 4.79 Å². The fourth-order valence-corrected chi connectivity index (χ4v) is 16.1. The van der Waals surface area contributed by atoms with Crippen molar-refractivity contribution in [3.8, 4) is 49.1 Å². The van der Waals surface area contributed by atoms with Gasteiger partial charge in [0, 0.05) is 86.9 Å². The zero-order valence-corrected chi connectivity index (χ0v) is 52.7. The van der Waals surface area contributed by atoms with Gasteiger partial charge in [0.2, 0.25) is 11.8 Å².